The van der Waals surface area contributed by atoms with E-state index in [-0.39, 0.29) is 0 Å². The predicted molar refractivity (Wildman–Crippen MR) is 85.1 cm³/mol. The van der Waals surface area contributed by atoms with Gasteiger partial charge in [-0.3, -0.25) is 4.90 Å². The van der Waals surface area contributed by atoms with Gasteiger partial charge in [0.15, 0.2) is 0 Å². The second-order valence-electron chi connectivity index (χ2n) is 7.15. The maximum atomic E-state index is 3.66. The van der Waals surface area contributed by atoms with E-state index in [0.717, 1.165) is 12.0 Å². The first kappa shape index (κ1) is 13.3. The van der Waals surface area contributed by atoms with Crippen LogP contribution >= 0.6 is 11.3 Å². The molecule has 1 N–H and O–H groups in total. The van der Waals surface area contributed by atoms with Crippen LogP contribution in [0.25, 0.3) is 0 Å². The van der Waals surface area contributed by atoms with E-state index in [4.69, 9.17) is 0 Å². The second kappa shape index (κ2) is 5.43. The molecule has 110 valence electrons. The quantitative estimate of drug-likeness (QED) is 0.914. The van der Waals surface area contributed by atoms with Crippen LogP contribution in [0.5, 0.6) is 0 Å². The molecule has 1 aromatic heterocycles. The lowest BCUT2D eigenvalue weighted by molar-refractivity contribution is 0.0313. The fourth-order valence-electron chi connectivity index (χ4n) is 4.44. The minimum atomic E-state index is 0.584. The van der Waals surface area contributed by atoms with Gasteiger partial charge in [0.2, 0.25) is 0 Å². The van der Waals surface area contributed by atoms with Crippen molar-refractivity contribution in [1.29, 1.82) is 0 Å². The molecule has 0 amide bonds. The Balaban J connectivity index is 1.54. The normalized spacial score (nSPS) is 33.4. The van der Waals surface area contributed by atoms with E-state index in [1.165, 1.54) is 64.7 Å². The van der Waals surface area contributed by atoms with Crippen LogP contribution in [0.1, 0.15) is 49.4 Å². The van der Waals surface area contributed by atoms with Crippen LogP contribution in [0, 0.1) is 11.3 Å². The third kappa shape index (κ3) is 2.56. The Morgan fingerprint density at radius 2 is 2.20 bits per heavy atom. The van der Waals surface area contributed by atoms with Gasteiger partial charge in [0.1, 0.15) is 0 Å². The molecule has 3 heteroatoms. The van der Waals surface area contributed by atoms with Gasteiger partial charge in [-0.1, -0.05) is 6.07 Å². The first-order valence-corrected chi connectivity index (χ1v) is 9.23. The number of thiophene rings is 1. The molecule has 1 aromatic rings. The molecule has 2 saturated heterocycles. The van der Waals surface area contributed by atoms with Crippen LogP contribution in [0.2, 0.25) is 0 Å². The predicted octanol–water partition coefficient (Wildman–Crippen LogP) is 3.66. The summed E-state index contributed by atoms with van der Waals surface area (Å²) >= 11 is 1.97. The minimum Gasteiger partial charge on any atom is -0.316 e. The summed E-state index contributed by atoms with van der Waals surface area (Å²) in [6, 6.07) is 5.33. The molecule has 20 heavy (non-hydrogen) atoms. The highest BCUT2D eigenvalue weighted by Gasteiger charge is 2.43. The molecule has 1 saturated carbocycles. The monoisotopic (exact) mass is 290 g/mol. The van der Waals surface area contributed by atoms with Crippen LogP contribution in [0.15, 0.2) is 17.5 Å². The van der Waals surface area contributed by atoms with Gasteiger partial charge in [0.25, 0.3) is 0 Å². The summed E-state index contributed by atoms with van der Waals surface area (Å²) < 4.78 is 0. The van der Waals surface area contributed by atoms with E-state index >= 15 is 0 Å². The Bertz CT molecular complexity index is 426. The molecule has 2 unspecified atom stereocenters. The van der Waals surface area contributed by atoms with Crippen molar-refractivity contribution in [3.63, 3.8) is 0 Å². The van der Waals surface area contributed by atoms with Crippen molar-refractivity contribution < 1.29 is 0 Å². The molecule has 1 aliphatic carbocycles. The Morgan fingerprint density at radius 3 is 2.90 bits per heavy atom. The highest BCUT2D eigenvalue weighted by Crippen LogP contribution is 2.48. The maximum Gasteiger partial charge on any atom is 0.0469 e. The molecule has 3 aliphatic rings. The standard InChI is InChI=1S/C17H26N2S/c1-4-15(20-11-1)16(14-5-6-14)19-10-3-8-17(13-19)7-2-9-18-12-17/h1,4,11,14,16,18H,2-3,5-10,12-13H2. The molecule has 2 atom stereocenters. The van der Waals surface area contributed by atoms with E-state index in [9.17, 15) is 0 Å². The fourth-order valence-corrected chi connectivity index (χ4v) is 5.40. The molecular weight excluding hydrogens is 264 g/mol. The van der Waals surface area contributed by atoms with E-state index in [1.54, 1.807) is 4.88 Å². The largest absolute Gasteiger partial charge is 0.316 e. The molecular formula is C17H26N2S. The van der Waals surface area contributed by atoms with E-state index in [0.29, 0.717) is 5.41 Å². The topological polar surface area (TPSA) is 15.3 Å². The smallest absolute Gasteiger partial charge is 0.0469 e. The van der Waals surface area contributed by atoms with Crippen molar-refractivity contribution in [2.24, 2.45) is 11.3 Å². The zero-order valence-electron chi connectivity index (χ0n) is 12.3. The first-order chi connectivity index (χ1) is 9.86. The van der Waals surface area contributed by atoms with Gasteiger partial charge in [-0.05, 0) is 74.4 Å². The van der Waals surface area contributed by atoms with Gasteiger partial charge in [-0.15, -0.1) is 11.3 Å². The number of nitrogens with one attached hydrogen (secondary N) is 1. The Morgan fingerprint density at radius 1 is 1.30 bits per heavy atom. The number of piperidine rings is 2. The summed E-state index contributed by atoms with van der Waals surface area (Å²) in [6.07, 6.45) is 8.56. The molecule has 2 aliphatic heterocycles. The summed E-state index contributed by atoms with van der Waals surface area (Å²) in [5.74, 6) is 0.945. The van der Waals surface area contributed by atoms with Crippen molar-refractivity contribution in [3.05, 3.63) is 22.4 Å². The van der Waals surface area contributed by atoms with Gasteiger partial charge in [-0.2, -0.15) is 0 Å². The number of nitrogens with zero attached hydrogens (tertiary/aromatic N) is 1. The fraction of sp³-hybridized carbons (Fsp3) is 0.765. The van der Waals surface area contributed by atoms with Crippen molar-refractivity contribution in [2.75, 3.05) is 26.2 Å². The summed E-state index contributed by atoms with van der Waals surface area (Å²) in [5.41, 5.74) is 0.584. The zero-order valence-corrected chi connectivity index (χ0v) is 13.1. The lowest BCUT2D eigenvalue weighted by atomic mass is 9.74. The van der Waals surface area contributed by atoms with E-state index < -0.39 is 0 Å². The van der Waals surface area contributed by atoms with Crippen LogP contribution in [-0.4, -0.2) is 31.1 Å². The number of hydrogen-bond acceptors (Lipinski definition) is 3. The average molecular weight is 290 g/mol. The average Bonchev–Trinajstić information content (AvgIpc) is 3.15. The molecule has 0 bridgehead atoms. The Hall–Kier alpha value is -0.380. The highest BCUT2D eigenvalue weighted by atomic mass is 32.1. The van der Waals surface area contributed by atoms with Crippen molar-refractivity contribution in [3.8, 4) is 0 Å². The van der Waals surface area contributed by atoms with E-state index in [2.05, 4.69) is 27.7 Å². The third-order valence-corrected chi connectivity index (χ3v) is 6.49. The molecule has 3 heterocycles. The lowest BCUT2D eigenvalue weighted by Crippen LogP contribution is -2.52. The zero-order chi connectivity index (χ0) is 13.4. The lowest BCUT2D eigenvalue weighted by Gasteiger charge is -2.48. The van der Waals surface area contributed by atoms with Gasteiger partial charge < -0.3 is 5.32 Å². The van der Waals surface area contributed by atoms with E-state index in [1.807, 2.05) is 11.3 Å². The minimum absolute atomic E-state index is 0.584. The maximum absolute atomic E-state index is 3.66. The van der Waals surface area contributed by atoms with Crippen LogP contribution in [0.4, 0.5) is 0 Å². The number of likely N-dealkylation sites (tertiary alicyclic amines) is 1. The number of hydrogen-bond donors (Lipinski definition) is 1. The summed E-state index contributed by atoms with van der Waals surface area (Å²) in [5, 5.41) is 5.92. The SMILES string of the molecule is c1csc(C(C2CC2)N2CCCC3(CCCNC3)C2)c1. The van der Waals surface area contributed by atoms with Crippen molar-refractivity contribution >= 4 is 11.3 Å². The molecule has 3 fully saturated rings. The highest BCUT2D eigenvalue weighted by molar-refractivity contribution is 7.10. The third-order valence-electron chi connectivity index (χ3n) is 5.55. The Kier molecular flexibility index (Phi) is 3.61. The van der Waals surface area contributed by atoms with Crippen LogP contribution < -0.4 is 5.32 Å². The van der Waals surface area contributed by atoms with Crippen molar-refractivity contribution in [2.45, 2.75) is 44.6 Å². The summed E-state index contributed by atoms with van der Waals surface area (Å²) in [6.45, 7) is 5.14. The van der Waals surface area contributed by atoms with Crippen LogP contribution in [0.3, 0.4) is 0 Å². The molecule has 1 spiro atoms. The molecule has 4 rings (SSSR count). The van der Waals surface area contributed by atoms with Gasteiger partial charge in [0.05, 0.1) is 0 Å². The molecule has 0 radical (unpaired) electrons. The van der Waals surface area contributed by atoms with Gasteiger partial charge in [-0.25, -0.2) is 0 Å². The van der Waals surface area contributed by atoms with Gasteiger partial charge >= 0.3 is 0 Å². The summed E-state index contributed by atoms with van der Waals surface area (Å²) in [4.78, 5) is 4.47. The summed E-state index contributed by atoms with van der Waals surface area (Å²) in [7, 11) is 0. The van der Waals surface area contributed by atoms with Crippen molar-refractivity contribution in [1.82, 2.24) is 10.2 Å². The second-order valence-corrected chi connectivity index (χ2v) is 8.13. The van der Waals surface area contributed by atoms with Gasteiger partial charge in [0, 0.05) is 24.0 Å². The number of rotatable bonds is 3. The Labute approximate surface area is 126 Å². The molecule has 2 nitrogen and oxygen atoms in total. The first-order valence-electron chi connectivity index (χ1n) is 8.35. The molecule has 0 aromatic carbocycles. The van der Waals surface area contributed by atoms with Crippen LogP contribution in [-0.2, 0) is 0 Å².